The lowest BCUT2D eigenvalue weighted by Gasteiger charge is -2.10. The van der Waals surface area contributed by atoms with E-state index >= 15 is 0 Å². The van der Waals surface area contributed by atoms with Gasteiger partial charge >= 0.3 is 0 Å². The Morgan fingerprint density at radius 1 is 1.10 bits per heavy atom. The highest BCUT2D eigenvalue weighted by Gasteiger charge is 2.16. The molecule has 0 aromatic heterocycles. The second-order valence-electron chi connectivity index (χ2n) is 4.15. The highest BCUT2D eigenvalue weighted by atomic mass is 79.9. The fraction of sp³-hybridized carbons (Fsp3) is 0.0769. The van der Waals surface area contributed by atoms with Crippen LogP contribution in [0.4, 0.5) is 5.69 Å². The van der Waals surface area contributed by atoms with Gasteiger partial charge in [-0.15, -0.1) is 0 Å². The predicted molar refractivity (Wildman–Crippen MR) is 87.3 cm³/mol. The minimum Gasteiger partial charge on any atom is -0.392 e. The van der Waals surface area contributed by atoms with Crippen LogP contribution in [0.5, 0.6) is 0 Å². The van der Waals surface area contributed by atoms with Gasteiger partial charge in [-0.2, -0.15) is 0 Å². The van der Waals surface area contributed by atoms with Crippen LogP contribution in [0, 0.1) is 0 Å². The Bertz CT molecular complexity index is 781. The quantitative estimate of drug-likeness (QED) is 0.798. The molecule has 0 saturated heterocycles. The van der Waals surface area contributed by atoms with Crippen molar-refractivity contribution in [3.8, 4) is 0 Å². The summed E-state index contributed by atoms with van der Waals surface area (Å²) in [5.41, 5.74) is 0.678. The maximum atomic E-state index is 12.3. The lowest BCUT2D eigenvalue weighted by molar-refractivity contribution is 0.281. The standard InChI is InChI=1S/C13H10BrCl2NO3S/c14-11-3-1-9(6-13(11)16)17-21(19,20)10-2-4-12(15)8(5-10)7-18/h1-6,17-18H,7H2. The Balaban J connectivity index is 2.35. The number of nitrogens with one attached hydrogen (secondary N) is 1. The van der Waals surface area contributed by atoms with Gasteiger partial charge in [0, 0.05) is 9.50 Å². The number of aliphatic hydroxyl groups is 1. The average molecular weight is 411 g/mol. The molecule has 0 unspecified atom stereocenters. The van der Waals surface area contributed by atoms with Gasteiger partial charge in [-0.1, -0.05) is 23.2 Å². The van der Waals surface area contributed by atoms with Gasteiger partial charge in [0.05, 0.1) is 22.2 Å². The first-order valence-corrected chi connectivity index (χ1v) is 8.74. The molecule has 4 nitrogen and oxygen atoms in total. The smallest absolute Gasteiger partial charge is 0.261 e. The Kier molecular flexibility index (Phi) is 5.16. The minimum atomic E-state index is -3.79. The van der Waals surface area contributed by atoms with Crippen LogP contribution in [0.3, 0.4) is 0 Å². The minimum absolute atomic E-state index is 0.00925. The fourth-order valence-corrected chi connectivity index (χ4v) is 3.32. The van der Waals surface area contributed by atoms with Crippen LogP contribution in [-0.4, -0.2) is 13.5 Å². The van der Waals surface area contributed by atoms with Gasteiger partial charge in [0.25, 0.3) is 10.0 Å². The molecule has 0 aliphatic heterocycles. The van der Waals surface area contributed by atoms with Gasteiger partial charge in [0.1, 0.15) is 0 Å². The number of benzene rings is 2. The van der Waals surface area contributed by atoms with Gasteiger partial charge < -0.3 is 5.11 Å². The van der Waals surface area contributed by atoms with E-state index in [4.69, 9.17) is 28.3 Å². The van der Waals surface area contributed by atoms with Gasteiger partial charge in [-0.3, -0.25) is 4.72 Å². The number of rotatable bonds is 4. The van der Waals surface area contributed by atoms with Crippen LogP contribution in [0.2, 0.25) is 10.0 Å². The maximum absolute atomic E-state index is 12.3. The van der Waals surface area contributed by atoms with Crippen molar-refractivity contribution in [3.63, 3.8) is 0 Å². The first-order chi connectivity index (χ1) is 9.83. The van der Waals surface area contributed by atoms with E-state index in [9.17, 15) is 8.42 Å². The zero-order valence-electron chi connectivity index (χ0n) is 10.5. The highest BCUT2D eigenvalue weighted by molar-refractivity contribution is 9.10. The number of halogens is 3. The molecular weight excluding hydrogens is 401 g/mol. The van der Waals surface area contributed by atoms with E-state index in [1.807, 2.05) is 0 Å². The SMILES string of the molecule is O=S(=O)(Nc1ccc(Br)c(Cl)c1)c1ccc(Cl)c(CO)c1. The number of hydrogen-bond acceptors (Lipinski definition) is 3. The van der Waals surface area contributed by atoms with Crippen LogP contribution < -0.4 is 4.72 Å². The Morgan fingerprint density at radius 2 is 1.81 bits per heavy atom. The van der Waals surface area contributed by atoms with E-state index < -0.39 is 10.0 Å². The van der Waals surface area contributed by atoms with E-state index in [0.29, 0.717) is 25.8 Å². The normalized spacial score (nSPS) is 11.4. The molecular formula is C13H10BrCl2NO3S. The highest BCUT2D eigenvalue weighted by Crippen LogP contribution is 2.27. The van der Waals surface area contributed by atoms with Crippen molar-refractivity contribution >= 4 is 54.8 Å². The molecule has 0 heterocycles. The molecule has 0 amide bonds. The summed E-state index contributed by atoms with van der Waals surface area (Å²) in [4.78, 5) is 0.00925. The van der Waals surface area contributed by atoms with Gasteiger partial charge in [0.2, 0.25) is 0 Å². The van der Waals surface area contributed by atoms with E-state index in [1.54, 1.807) is 12.1 Å². The summed E-state index contributed by atoms with van der Waals surface area (Å²) in [6.45, 7) is -0.341. The molecule has 8 heteroatoms. The van der Waals surface area contributed by atoms with Crippen LogP contribution >= 0.6 is 39.1 Å². The van der Waals surface area contributed by atoms with Crippen molar-refractivity contribution in [2.24, 2.45) is 0 Å². The third kappa shape index (κ3) is 3.90. The molecule has 0 aliphatic carbocycles. The summed E-state index contributed by atoms with van der Waals surface area (Å²) in [5, 5.41) is 9.84. The van der Waals surface area contributed by atoms with Crippen molar-refractivity contribution in [1.82, 2.24) is 0 Å². The van der Waals surface area contributed by atoms with E-state index in [0.717, 1.165) is 0 Å². The van der Waals surface area contributed by atoms with E-state index in [-0.39, 0.29) is 11.5 Å². The summed E-state index contributed by atoms with van der Waals surface area (Å²) in [6, 6.07) is 8.83. The van der Waals surface area contributed by atoms with Gasteiger partial charge in [-0.05, 0) is 57.9 Å². The Labute approximate surface area is 140 Å². The Morgan fingerprint density at radius 3 is 2.43 bits per heavy atom. The van der Waals surface area contributed by atoms with Crippen LogP contribution in [0.25, 0.3) is 0 Å². The van der Waals surface area contributed by atoms with Crippen molar-refractivity contribution in [2.75, 3.05) is 4.72 Å². The third-order valence-corrected chi connectivity index (χ3v) is 5.65. The first-order valence-electron chi connectivity index (χ1n) is 5.70. The summed E-state index contributed by atoms with van der Waals surface area (Å²) in [7, 11) is -3.79. The molecule has 0 aliphatic rings. The zero-order valence-corrected chi connectivity index (χ0v) is 14.4. The molecule has 0 spiro atoms. The molecule has 0 bridgehead atoms. The molecule has 112 valence electrons. The predicted octanol–water partition coefficient (Wildman–Crippen LogP) is 4.05. The molecule has 2 aromatic rings. The van der Waals surface area contributed by atoms with Crippen molar-refractivity contribution in [2.45, 2.75) is 11.5 Å². The molecule has 21 heavy (non-hydrogen) atoms. The lowest BCUT2D eigenvalue weighted by Crippen LogP contribution is -2.13. The molecule has 2 N–H and O–H groups in total. The monoisotopic (exact) mass is 409 g/mol. The number of hydrogen-bond donors (Lipinski definition) is 2. The van der Waals surface area contributed by atoms with Crippen LogP contribution in [0.1, 0.15) is 5.56 Å². The summed E-state index contributed by atoms with van der Waals surface area (Å²) >= 11 is 15.0. The summed E-state index contributed by atoms with van der Waals surface area (Å²) in [6.07, 6.45) is 0. The molecule has 2 aromatic carbocycles. The topological polar surface area (TPSA) is 66.4 Å². The van der Waals surface area contributed by atoms with Crippen molar-refractivity contribution in [1.29, 1.82) is 0 Å². The van der Waals surface area contributed by atoms with E-state index in [1.165, 1.54) is 24.3 Å². The first kappa shape index (κ1) is 16.6. The second kappa shape index (κ2) is 6.54. The Hall–Kier alpha value is -0.790. The van der Waals surface area contributed by atoms with Crippen molar-refractivity contribution in [3.05, 3.63) is 56.5 Å². The third-order valence-electron chi connectivity index (χ3n) is 2.67. The largest absolute Gasteiger partial charge is 0.392 e. The zero-order chi connectivity index (χ0) is 15.6. The number of aliphatic hydroxyl groups excluding tert-OH is 1. The summed E-state index contributed by atoms with van der Waals surface area (Å²) in [5.74, 6) is 0. The van der Waals surface area contributed by atoms with Crippen LogP contribution in [0.15, 0.2) is 45.8 Å². The lowest BCUT2D eigenvalue weighted by atomic mass is 10.2. The molecule has 0 radical (unpaired) electrons. The van der Waals surface area contributed by atoms with Crippen LogP contribution in [-0.2, 0) is 16.6 Å². The van der Waals surface area contributed by atoms with E-state index in [2.05, 4.69) is 20.7 Å². The maximum Gasteiger partial charge on any atom is 0.261 e. The number of sulfonamides is 1. The average Bonchev–Trinajstić information content (AvgIpc) is 2.43. The fourth-order valence-electron chi connectivity index (χ4n) is 1.61. The molecule has 2 rings (SSSR count). The number of anilines is 1. The molecule has 0 atom stereocenters. The molecule has 0 fully saturated rings. The van der Waals surface area contributed by atoms with Crippen molar-refractivity contribution < 1.29 is 13.5 Å². The molecule has 0 saturated carbocycles. The second-order valence-corrected chi connectivity index (χ2v) is 7.50. The van der Waals surface area contributed by atoms with Gasteiger partial charge in [-0.25, -0.2) is 8.42 Å². The van der Waals surface area contributed by atoms with Gasteiger partial charge in [0.15, 0.2) is 0 Å². The summed E-state index contributed by atoms with van der Waals surface area (Å²) < 4.78 is 27.7.